The fourth-order valence-electron chi connectivity index (χ4n) is 2.21. The van der Waals surface area contributed by atoms with E-state index in [1.54, 1.807) is 0 Å². The van der Waals surface area contributed by atoms with Crippen LogP contribution >= 0.6 is 0 Å². The van der Waals surface area contributed by atoms with Gasteiger partial charge in [0.2, 0.25) is 0 Å². The third-order valence-corrected chi connectivity index (χ3v) is 3.12. The lowest BCUT2D eigenvalue weighted by atomic mass is 9.80. The van der Waals surface area contributed by atoms with E-state index in [1.807, 2.05) is 32.9 Å². The van der Waals surface area contributed by atoms with Crippen molar-refractivity contribution in [2.75, 3.05) is 0 Å². The lowest BCUT2D eigenvalue weighted by molar-refractivity contribution is 0.0857. The van der Waals surface area contributed by atoms with E-state index in [0.717, 1.165) is 30.4 Å². The number of aryl methyl sites for hydroxylation is 1. The van der Waals surface area contributed by atoms with Crippen LogP contribution in [0.15, 0.2) is 18.2 Å². The smallest absolute Gasteiger partial charge is 0.168 e. The van der Waals surface area contributed by atoms with Crippen LogP contribution < -0.4 is 0 Å². The molecule has 0 radical (unpaired) electrons. The summed E-state index contributed by atoms with van der Waals surface area (Å²) in [4.78, 5) is 12.4. The van der Waals surface area contributed by atoms with Crippen LogP contribution in [-0.4, -0.2) is 5.78 Å². The Morgan fingerprint density at radius 2 is 2.06 bits per heavy atom. The molecule has 0 bridgehead atoms. The summed E-state index contributed by atoms with van der Waals surface area (Å²) in [6, 6.07) is 5.91. The van der Waals surface area contributed by atoms with Gasteiger partial charge in [-0.25, -0.2) is 0 Å². The minimum Gasteiger partial charge on any atom is -0.294 e. The van der Waals surface area contributed by atoms with Crippen molar-refractivity contribution in [3.8, 4) is 0 Å². The van der Waals surface area contributed by atoms with Crippen LogP contribution in [0.3, 0.4) is 0 Å². The Kier molecular flexibility index (Phi) is 2.55. The third-order valence-electron chi connectivity index (χ3n) is 3.12. The predicted octanol–water partition coefficient (Wildman–Crippen LogP) is 3.79. The lowest BCUT2D eigenvalue weighted by Gasteiger charge is -2.23. The number of Topliss-reactive ketones (excluding diaryl/α,β-unsaturated/α-hetero) is 1. The molecule has 0 amide bonds. The molecule has 0 aromatic heterocycles. The zero-order chi connectivity index (χ0) is 12.6. The Labute approximate surface area is 99.3 Å². The van der Waals surface area contributed by atoms with Gasteiger partial charge in [0.1, 0.15) is 0 Å². The van der Waals surface area contributed by atoms with E-state index in [1.165, 1.54) is 5.56 Å². The number of hydrogen-bond acceptors (Lipinski definition) is 1. The first-order valence-corrected chi connectivity index (χ1v) is 6.00. The maximum absolute atomic E-state index is 12.4. The van der Waals surface area contributed by atoms with Crippen molar-refractivity contribution >= 4 is 5.78 Å². The van der Waals surface area contributed by atoms with E-state index in [0.29, 0.717) is 0 Å². The standard InChI is InChI=1S/C15H20O/c1-15(2,3)14(16)13-10-6-8-11-7-4-5-9-12(11)13/h6,8,10H,4-5,7,9H2,1-3H3/i9D. The van der Waals surface area contributed by atoms with Crippen LogP contribution in [-0.2, 0) is 12.8 Å². The number of benzene rings is 1. The molecule has 0 fully saturated rings. The van der Waals surface area contributed by atoms with Gasteiger partial charge in [0.05, 0.1) is 0 Å². The first-order valence-electron chi connectivity index (χ1n) is 6.58. The normalized spacial score (nSPS) is 21.2. The molecule has 2 rings (SSSR count). The molecule has 1 heteroatoms. The summed E-state index contributed by atoms with van der Waals surface area (Å²) in [6.07, 6.45) is 2.73. The number of rotatable bonds is 1. The summed E-state index contributed by atoms with van der Waals surface area (Å²) in [5, 5.41) is 0. The fourth-order valence-corrected chi connectivity index (χ4v) is 2.21. The average molecular weight is 217 g/mol. The van der Waals surface area contributed by atoms with Crippen molar-refractivity contribution in [2.24, 2.45) is 5.41 Å². The molecule has 1 atom stereocenters. The van der Waals surface area contributed by atoms with E-state index in [4.69, 9.17) is 1.37 Å². The molecule has 1 aromatic rings. The molecule has 1 aliphatic rings. The van der Waals surface area contributed by atoms with E-state index in [-0.39, 0.29) is 17.6 Å². The second-order valence-corrected chi connectivity index (χ2v) is 5.55. The number of ketones is 1. The summed E-state index contributed by atoms with van der Waals surface area (Å²) < 4.78 is 8.14. The third kappa shape index (κ3) is 2.04. The molecule has 0 N–H and O–H groups in total. The van der Waals surface area contributed by atoms with Gasteiger partial charge in [-0.2, -0.15) is 0 Å². The van der Waals surface area contributed by atoms with Crippen LogP contribution in [0.4, 0.5) is 0 Å². The molecule has 1 aliphatic carbocycles. The summed E-state index contributed by atoms with van der Waals surface area (Å²) in [5.74, 6) is 0.161. The van der Waals surface area contributed by atoms with Gasteiger partial charge in [0, 0.05) is 12.3 Å². The van der Waals surface area contributed by atoms with Crippen LogP contribution in [0.25, 0.3) is 0 Å². The van der Waals surface area contributed by atoms with Crippen molar-refractivity contribution < 1.29 is 6.17 Å². The molecule has 1 aromatic carbocycles. The topological polar surface area (TPSA) is 17.1 Å². The van der Waals surface area contributed by atoms with Gasteiger partial charge in [-0.1, -0.05) is 39.0 Å². The largest absolute Gasteiger partial charge is 0.294 e. The van der Waals surface area contributed by atoms with Gasteiger partial charge in [-0.05, 0) is 36.8 Å². The van der Waals surface area contributed by atoms with E-state index < -0.39 is 0 Å². The number of fused-ring (bicyclic) bond motifs is 1. The molecule has 1 nitrogen and oxygen atoms in total. The van der Waals surface area contributed by atoms with Gasteiger partial charge < -0.3 is 0 Å². The second kappa shape index (κ2) is 4.04. The van der Waals surface area contributed by atoms with Gasteiger partial charge in [0.25, 0.3) is 0 Å². The van der Waals surface area contributed by atoms with E-state index in [2.05, 4.69) is 6.07 Å². The minimum absolute atomic E-state index is 0.161. The van der Waals surface area contributed by atoms with Crippen molar-refractivity contribution in [1.82, 2.24) is 0 Å². The predicted molar refractivity (Wildman–Crippen MR) is 66.9 cm³/mol. The summed E-state index contributed by atoms with van der Waals surface area (Å²) >= 11 is 0. The fraction of sp³-hybridized carbons (Fsp3) is 0.533. The lowest BCUT2D eigenvalue weighted by Crippen LogP contribution is -2.23. The van der Waals surface area contributed by atoms with Crippen molar-refractivity contribution in [3.63, 3.8) is 0 Å². The number of carbonyl (C=O) groups is 1. The summed E-state index contributed by atoms with van der Waals surface area (Å²) in [5.41, 5.74) is 2.59. The second-order valence-electron chi connectivity index (χ2n) is 5.55. The average Bonchev–Trinajstić information content (AvgIpc) is 2.26. The van der Waals surface area contributed by atoms with Crippen LogP contribution in [0.5, 0.6) is 0 Å². The van der Waals surface area contributed by atoms with Crippen molar-refractivity contribution in [3.05, 3.63) is 34.9 Å². The number of carbonyl (C=O) groups excluding carboxylic acids is 1. The zero-order valence-electron chi connectivity index (χ0n) is 11.3. The molecule has 0 spiro atoms. The summed E-state index contributed by atoms with van der Waals surface area (Å²) in [6.45, 7) is 5.82. The highest BCUT2D eigenvalue weighted by atomic mass is 16.1. The molecule has 86 valence electrons. The van der Waals surface area contributed by atoms with Crippen molar-refractivity contribution in [2.45, 2.75) is 46.4 Å². The monoisotopic (exact) mass is 217 g/mol. The Hall–Kier alpha value is -1.11. The molecular weight excluding hydrogens is 196 g/mol. The highest BCUT2D eigenvalue weighted by Gasteiger charge is 2.26. The highest BCUT2D eigenvalue weighted by Crippen LogP contribution is 2.29. The minimum atomic E-state index is -0.369. The molecule has 1 unspecified atom stereocenters. The van der Waals surface area contributed by atoms with Gasteiger partial charge in [0.15, 0.2) is 5.78 Å². The Bertz CT molecular complexity index is 443. The molecule has 0 saturated heterocycles. The van der Waals surface area contributed by atoms with Crippen LogP contribution in [0.2, 0.25) is 0 Å². The Balaban J connectivity index is 2.52. The van der Waals surface area contributed by atoms with E-state index in [9.17, 15) is 4.79 Å². The Morgan fingerprint density at radius 1 is 1.31 bits per heavy atom. The first-order chi connectivity index (χ1) is 7.91. The molecule has 0 saturated carbocycles. The van der Waals surface area contributed by atoms with Gasteiger partial charge in [-0.3, -0.25) is 4.79 Å². The zero-order valence-corrected chi connectivity index (χ0v) is 10.3. The quantitative estimate of drug-likeness (QED) is 0.654. The maximum Gasteiger partial charge on any atom is 0.168 e. The van der Waals surface area contributed by atoms with Gasteiger partial charge >= 0.3 is 0 Å². The van der Waals surface area contributed by atoms with E-state index >= 15 is 0 Å². The summed E-state index contributed by atoms with van der Waals surface area (Å²) in [7, 11) is 0. The number of hydrogen-bond donors (Lipinski definition) is 0. The first kappa shape index (κ1) is 10.1. The molecule has 0 heterocycles. The van der Waals surface area contributed by atoms with Crippen LogP contribution in [0, 0.1) is 5.41 Å². The van der Waals surface area contributed by atoms with Crippen molar-refractivity contribution in [1.29, 1.82) is 0 Å². The highest BCUT2D eigenvalue weighted by molar-refractivity contribution is 6.01. The van der Waals surface area contributed by atoms with Crippen LogP contribution in [0.1, 0.15) is 56.5 Å². The maximum atomic E-state index is 12.4. The molecule has 16 heavy (non-hydrogen) atoms. The molecule has 0 aliphatic heterocycles. The SMILES string of the molecule is [2H]C1CCCc2cccc(C(=O)C(C)(C)C)c21. The molecular formula is C15H20O. The van der Waals surface area contributed by atoms with Gasteiger partial charge in [-0.15, -0.1) is 0 Å². The Morgan fingerprint density at radius 3 is 2.75 bits per heavy atom.